The summed E-state index contributed by atoms with van der Waals surface area (Å²) in [6.07, 6.45) is 22.3. The number of hydrogen-bond donors (Lipinski definition) is 1. The first-order valence-corrected chi connectivity index (χ1v) is 9.96. The van der Waals surface area contributed by atoms with Crippen LogP contribution in [0.25, 0.3) is 0 Å². The van der Waals surface area contributed by atoms with E-state index in [9.17, 15) is 4.79 Å². The number of esters is 1. The van der Waals surface area contributed by atoms with Crippen LogP contribution >= 0.6 is 0 Å². The molecule has 3 atom stereocenters. The Hall–Kier alpha value is -1.53. The number of hydrogen-bond acceptors (Lipinski definition) is 3. The van der Waals surface area contributed by atoms with Crippen LogP contribution in [-0.4, -0.2) is 18.6 Å². The Bertz CT molecular complexity index is 575. The Morgan fingerprint density at radius 3 is 2.64 bits per heavy atom. The predicted octanol–water partition coefficient (Wildman–Crippen LogP) is 4.13. The molecule has 3 unspecified atom stereocenters. The Morgan fingerprint density at radius 1 is 1.28 bits per heavy atom. The van der Waals surface area contributed by atoms with Gasteiger partial charge >= 0.3 is 5.97 Å². The molecular formula is C22H31NO2. The summed E-state index contributed by atoms with van der Waals surface area (Å²) in [7, 11) is 0. The standard InChI is InChI=1S/C22H31NO2/c1-2-17-16-20(19(17)12-15-23)25-21(24)22(13-8-3-4-9-14-22)18-10-6-5-7-11-18/h1,6,10-11,17,19-20H,3-5,7-9,12-16,23H2. The smallest absolute Gasteiger partial charge is 0.316 e. The van der Waals surface area contributed by atoms with Crippen molar-refractivity contribution in [3.8, 4) is 12.3 Å². The third kappa shape index (κ3) is 3.70. The molecule has 2 fully saturated rings. The molecule has 3 rings (SSSR count). The van der Waals surface area contributed by atoms with Crippen molar-refractivity contribution < 1.29 is 9.53 Å². The van der Waals surface area contributed by atoms with Crippen molar-refractivity contribution in [2.75, 3.05) is 6.54 Å². The number of carbonyl (C=O) groups excluding carboxylic acids is 1. The molecule has 2 saturated carbocycles. The van der Waals surface area contributed by atoms with Crippen LogP contribution in [0.5, 0.6) is 0 Å². The van der Waals surface area contributed by atoms with Crippen LogP contribution in [0.1, 0.15) is 64.2 Å². The minimum absolute atomic E-state index is 0.0188. The van der Waals surface area contributed by atoms with Gasteiger partial charge in [0.1, 0.15) is 6.10 Å². The molecule has 0 aromatic heterocycles. The van der Waals surface area contributed by atoms with Crippen molar-refractivity contribution in [2.45, 2.75) is 70.3 Å². The van der Waals surface area contributed by atoms with Gasteiger partial charge in [-0.2, -0.15) is 0 Å². The summed E-state index contributed by atoms with van der Waals surface area (Å²) < 4.78 is 6.07. The first-order chi connectivity index (χ1) is 12.2. The van der Waals surface area contributed by atoms with Gasteiger partial charge < -0.3 is 10.5 Å². The van der Waals surface area contributed by atoms with Gasteiger partial charge in [-0.3, -0.25) is 4.79 Å². The maximum absolute atomic E-state index is 13.3. The number of carbonyl (C=O) groups is 1. The quantitative estimate of drug-likeness (QED) is 0.465. The van der Waals surface area contributed by atoms with E-state index in [4.69, 9.17) is 16.9 Å². The topological polar surface area (TPSA) is 52.3 Å². The fourth-order valence-electron chi connectivity index (χ4n) is 4.73. The lowest BCUT2D eigenvalue weighted by Gasteiger charge is -2.43. The number of rotatable bonds is 5. The summed E-state index contributed by atoms with van der Waals surface area (Å²) in [5.74, 6) is 3.26. The number of ether oxygens (including phenoxy) is 1. The van der Waals surface area contributed by atoms with Crippen molar-refractivity contribution in [1.29, 1.82) is 0 Å². The van der Waals surface area contributed by atoms with Gasteiger partial charge in [0.2, 0.25) is 0 Å². The normalized spacial score (nSPS) is 31.2. The van der Waals surface area contributed by atoms with Gasteiger partial charge in [-0.15, -0.1) is 12.3 Å². The highest BCUT2D eigenvalue weighted by Crippen LogP contribution is 2.46. The highest BCUT2D eigenvalue weighted by Gasteiger charge is 2.48. The third-order valence-corrected chi connectivity index (χ3v) is 6.35. The summed E-state index contributed by atoms with van der Waals surface area (Å²) in [5, 5.41) is 0. The Morgan fingerprint density at radius 2 is 2.04 bits per heavy atom. The summed E-state index contributed by atoms with van der Waals surface area (Å²) in [5.41, 5.74) is 6.47. The summed E-state index contributed by atoms with van der Waals surface area (Å²) >= 11 is 0. The monoisotopic (exact) mass is 341 g/mol. The van der Waals surface area contributed by atoms with Crippen LogP contribution in [0.15, 0.2) is 23.8 Å². The number of allylic oxidation sites excluding steroid dienone is 3. The number of nitrogens with two attached hydrogens (primary N) is 1. The van der Waals surface area contributed by atoms with Gasteiger partial charge in [-0.1, -0.05) is 43.9 Å². The Labute approximate surface area is 152 Å². The van der Waals surface area contributed by atoms with Gasteiger partial charge in [0.05, 0.1) is 5.41 Å². The van der Waals surface area contributed by atoms with Crippen molar-refractivity contribution in [2.24, 2.45) is 23.0 Å². The van der Waals surface area contributed by atoms with Gasteiger partial charge in [0.25, 0.3) is 0 Å². The van der Waals surface area contributed by atoms with E-state index in [2.05, 4.69) is 24.1 Å². The first kappa shape index (κ1) is 18.3. The lowest BCUT2D eigenvalue weighted by molar-refractivity contribution is -0.172. The summed E-state index contributed by atoms with van der Waals surface area (Å²) in [6.45, 7) is 0.593. The van der Waals surface area contributed by atoms with Crippen LogP contribution in [0.4, 0.5) is 0 Å². The van der Waals surface area contributed by atoms with Crippen LogP contribution in [-0.2, 0) is 9.53 Å². The second-order valence-electron chi connectivity index (χ2n) is 7.83. The highest BCUT2D eigenvalue weighted by atomic mass is 16.5. The largest absolute Gasteiger partial charge is 0.461 e. The van der Waals surface area contributed by atoms with Crippen LogP contribution in [0.2, 0.25) is 0 Å². The molecule has 0 aromatic rings. The zero-order chi connectivity index (χ0) is 17.7. The molecule has 3 heteroatoms. The van der Waals surface area contributed by atoms with Gasteiger partial charge in [0, 0.05) is 11.8 Å². The van der Waals surface area contributed by atoms with Gasteiger partial charge in [0.15, 0.2) is 0 Å². The van der Waals surface area contributed by atoms with E-state index in [0.29, 0.717) is 6.54 Å². The molecule has 0 aliphatic heterocycles. The highest BCUT2D eigenvalue weighted by molar-refractivity contribution is 5.82. The average Bonchev–Trinajstić information content (AvgIpc) is 2.90. The lowest BCUT2D eigenvalue weighted by Crippen LogP contribution is -2.47. The molecule has 2 N–H and O–H groups in total. The van der Waals surface area contributed by atoms with E-state index in [1.165, 1.54) is 18.4 Å². The summed E-state index contributed by atoms with van der Waals surface area (Å²) in [6, 6.07) is 0. The Kier molecular flexibility index (Phi) is 6.02. The van der Waals surface area contributed by atoms with Crippen LogP contribution < -0.4 is 5.73 Å². The van der Waals surface area contributed by atoms with E-state index >= 15 is 0 Å². The van der Waals surface area contributed by atoms with Crippen LogP contribution in [0, 0.1) is 29.6 Å². The predicted molar refractivity (Wildman–Crippen MR) is 101 cm³/mol. The second-order valence-corrected chi connectivity index (χ2v) is 7.83. The minimum atomic E-state index is -0.443. The third-order valence-electron chi connectivity index (χ3n) is 6.35. The molecule has 0 aromatic carbocycles. The first-order valence-electron chi connectivity index (χ1n) is 9.96. The fourth-order valence-corrected chi connectivity index (χ4v) is 4.73. The molecule has 0 saturated heterocycles. The molecule has 0 heterocycles. The Balaban J connectivity index is 1.77. The van der Waals surface area contributed by atoms with E-state index in [1.807, 2.05) is 0 Å². The maximum atomic E-state index is 13.3. The molecule has 25 heavy (non-hydrogen) atoms. The van der Waals surface area contributed by atoms with Crippen molar-refractivity contribution in [3.05, 3.63) is 23.8 Å². The minimum Gasteiger partial charge on any atom is -0.461 e. The average molecular weight is 341 g/mol. The zero-order valence-corrected chi connectivity index (χ0v) is 15.2. The number of terminal acetylenes is 1. The van der Waals surface area contributed by atoms with Gasteiger partial charge in [-0.25, -0.2) is 0 Å². The molecule has 0 radical (unpaired) electrons. The molecule has 3 nitrogen and oxygen atoms in total. The van der Waals surface area contributed by atoms with Crippen molar-refractivity contribution in [3.63, 3.8) is 0 Å². The van der Waals surface area contributed by atoms with Crippen molar-refractivity contribution >= 4 is 5.97 Å². The zero-order valence-electron chi connectivity index (χ0n) is 15.2. The second kappa shape index (κ2) is 8.23. The molecule has 0 bridgehead atoms. The molecular weight excluding hydrogens is 310 g/mol. The molecule has 0 spiro atoms. The van der Waals surface area contributed by atoms with E-state index in [1.54, 1.807) is 0 Å². The van der Waals surface area contributed by atoms with Gasteiger partial charge in [-0.05, 0) is 50.6 Å². The lowest BCUT2D eigenvalue weighted by atomic mass is 9.68. The van der Waals surface area contributed by atoms with Crippen LogP contribution in [0.3, 0.4) is 0 Å². The summed E-state index contributed by atoms with van der Waals surface area (Å²) in [4.78, 5) is 13.3. The van der Waals surface area contributed by atoms with E-state index in [-0.39, 0.29) is 23.9 Å². The van der Waals surface area contributed by atoms with E-state index < -0.39 is 5.41 Å². The van der Waals surface area contributed by atoms with Crippen molar-refractivity contribution in [1.82, 2.24) is 0 Å². The molecule has 136 valence electrons. The molecule has 0 amide bonds. The maximum Gasteiger partial charge on any atom is 0.316 e. The molecule has 3 aliphatic carbocycles. The van der Waals surface area contributed by atoms with E-state index in [0.717, 1.165) is 51.4 Å². The SMILES string of the molecule is C#CC1CC(OC(=O)C2(C3=CCCC=C3)CCCCCC2)C1CCN. The molecule has 3 aliphatic rings. The fraction of sp³-hybridized carbons (Fsp3) is 0.682.